The number of unbranched alkanes of at least 4 members (excludes halogenated alkanes) is 18. The lowest BCUT2D eigenvalue weighted by atomic mass is 9.99. The molecular formula is C43H78O9. The van der Waals surface area contributed by atoms with Crippen molar-refractivity contribution in [2.75, 3.05) is 26.4 Å². The number of ether oxygens (including phenoxy) is 4. The van der Waals surface area contributed by atoms with E-state index in [0.29, 0.717) is 13.0 Å². The Hall–Kier alpha value is -1.59. The van der Waals surface area contributed by atoms with Gasteiger partial charge < -0.3 is 39.4 Å². The molecule has 4 N–H and O–H groups in total. The molecule has 1 rings (SSSR count). The number of hydrogen-bond donors (Lipinski definition) is 4. The summed E-state index contributed by atoms with van der Waals surface area (Å²) in [6, 6.07) is 0. The van der Waals surface area contributed by atoms with Crippen LogP contribution in [0.1, 0.15) is 168 Å². The summed E-state index contributed by atoms with van der Waals surface area (Å²) in [4.78, 5) is 12.7. The normalized spacial score (nSPS) is 21.5. The number of aliphatic hydroxyl groups is 4. The lowest BCUT2D eigenvalue weighted by Gasteiger charge is -2.39. The number of hydrogen-bond acceptors (Lipinski definition) is 9. The summed E-state index contributed by atoms with van der Waals surface area (Å²) in [7, 11) is 0. The van der Waals surface area contributed by atoms with Crippen molar-refractivity contribution in [1.82, 2.24) is 0 Å². The molecule has 304 valence electrons. The van der Waals surface area contributed by atoms with Gasteiger partial charge in [-0.15, -0.1) is 0 Å². The van der Waals surface area contributed by atoms with Crippen LogP contribution in [0.3, 0.4) is 0 Å². The van der Waals surface area contributed by atoms with E-state index < -0.39 is 43.4 Å². The molecule has 0 aromatic carbocycles. The van der Waals surface area contributed by atoms with Crippen molar-refractivity contribution in [2.45, 2.75) is 205 Å². The van der Waals surface area contributed by atoms with Gasteiger partial charge in [-0.05, 0) is 51.4 Å². The summed E-state index contributed by atoms with van der Waals surface area (Å²) in [5.74, 6) is -0.325. The van der Waals surface area contributed by atoms with Crippen LogP contribution in [0.25, 0.3) is 0 Å². The first-order valence-corrected chi connectivity index (χ1v) is 21.1. The minimum absolute atomic E-state index is 0.116. The second-order valence-corrected chi connectivity index (χ2v) is 14.4. The summed E-state index contributed by atoms with van der Waals surface area (Å²) < 4.78 is 22.6. The SMILES string of the molecule is CCCCCCC/C=C\C/C=C\C/C=C\CCCCCCCCCCC(=O)OC(COCCCCCCCC)COC1OC(CO)C(O)C(O)C1O. The Kier molecular flexibility index (Phi) is 32.7. The second kappa shape index (κ2) is 35.1. The van der Waals surface area contributed by atoms with Gasteiger partial charge in [0.1, 0.15) is 30.5 Å². The predicted octanol–water partition coefficient (Wildman–Crippen LogP) is 8.80. The van der Waals surface area contributed by atoms with Crippen molar-refractivity contribution < 1.29 is 44.2 Å². The Morgan fingerprint density at radius 1 is 0.615 bits per heavy atom. The fourth-order valence-electron chi connectivity index (χ4n) is 6.20. The van der Waals surface area contributed by atoms with Crippen LogP contribution >= 0.6 is 0 Å². The number of carbonyl (C=O) groups is 1. The molecule has 0 saturated carbocycles. The molecule has 1 fully saturated rings. The van der Waals surface area contributed by atoms with E-state index >= 15 is 0 Å². The Morgan fingerprint density at radius 3 is 1.67 bits per heavy atom. The van der Waals surface area contributed by atoms with Crippen molar-refractivity contribution in [3.05, 3.63) is 36.5 Å². The van der Waals surface area contributed by atoms with Crippen LogP contribution in [0.4, 0.5) is 0 Å². The van der Waals surface area contributed by atoms with Gasteiger partial charge in [0.05, 0.1) is 19.8 Å². The summed E-state index contributed by atoms with van der Waals surface area (Å²) in [6.45, 7) is 4.48. The third-order valence-corrected chi connectivity index (χ3v) is 9.56. The minimum atomic E-state index is -1.53. The van der Waals surface area contributed by atoms with Gasteiger partial charge in [0.15, 0.2) is 6.29 Å². The molecule has 52 heavy (non-hydrogen) atoms. The Balaban J connectivity index is 2.18. The maximum absolute atomic E-state index is 12.7. The molecule has 0 aromatic heterocycles. The molecule has 6 atom stereocenters. The molecule has 0 bridgehead atoms. The molecular weight excluding hydrogens is 660 g/mol. The van der Waals surface area contributed by atoms with Gasteiger partial charge in [-0.1, -0.05) is 147 Å². The third-order valence-electron chi connectivity index (χ3n) is 9.56. The molecule has 1 aliphatic heterocycles. The highest BCUT2D eigenvalue weighted by molar-refractivity contribution is 5.69. The van der Waals surface area contributed by atoms with E-state index in [9.17, 15) is 25.2 Å². The van der Waals surface area contributed by atoms with Crippen LogP contribution in [-0.4, -0.2) is 89.6 Å². The van der Waals surface area contributed by atoms with Crippen molar-refractivity contribution >= 4 is 5.97 Å². The van der Waals surface area contributed by atoms with Gasteiger partial charge in [0.25, 0.3) is 0 Å². The van der Waals surface area contributed by atoms with E-state index in [-0.39, 0.29) is 19.2 Å². The number of esters is 1. The fraction of sp³-hybridized carbons (Fsp3) is 0.837. The molecule has 0 spiro atoms. The molecule has 6 unspecified atom stereocenters. The van der Waals surface area contributed by atoms with E-state index in [1.807, 2.05) is 0 Å². The lowest BCUT2D eigenvalue weighted by molar-refractivity contribution is -0.305. The van der Waals surface area contributed by atoms with Gasteiger partial charge in [-0.2, -0.15) is 0 Å². The third kappa shape index (κ3) is 26.2. The summed E-state index contributed by atoms with van der Waals surface area (Å²) in [6.07, 6.45) is 33.4. The van der Waals surface area contributed by atoms with Gasteiger partial charge in [-0.25, -0.2) is 0 Å². The minimum Gasteiger partial charge on any atom is -0.457 e. The number of rotatable bonds is 35. The first-order chi connectivity index (χ1) is 25.4. The standard InChI is InChI=1S/C43H78O9/c1-3-5-7-9-11-12-13-14-15-16-17-18-19-20-21-22-23-24-25-26-27-28-30-32-39(45)51-37(35-49-33-31-29-10-8-6-4-2)36-50-43-42(48)41(47)40(46)38(34-44)52-43/h13-14,16-17,19-20,37-38,40-44,46-48H,3-12,15,18,21-36H2,1-2H3/b14-13-,17-16-,20-19-. The molecule has 9 nitrogen and oxygen atoms in total. The van der Waals surface area contributed by atoms with Crippen LogP contribution in [-0.2, 0) is 23.7 Å². The summed E-state index contributed by atoms with van der Waals surface area (Å²) in [5.41, 5.74) is 0. The average Bonchev–Trinajstić information content (AvgIpc) is 3.14. The van der Waals surface area contributed by atoms with E-state index in [1.165, 1.54) is 96.3 Å². The summed E-state index contributed by atoms with van der Waals surface area (Å²) >= 11 is 0. The molecule has 0 aliphatic carbocycles. The van der Waals surface area contributed by atoms with Crippen LogP contribution < -0.4 is 0 Å². The Morgan fingerprint density at radius 2 is 1.12 bits per heavy atom. The number of allylic oxidation sites excluding steroid dienone is 6. The van der Waals surface area contributed by atoms with Crippen LogP contribution in [0.2, 0.25) is 0 Å². The summed E-state index contributed by atoms with van der Waals surface area (Å²) in [5, 5.41) is 39.9. The monoisotopic (exact) mass is 739 g/mol. The molecule has 1 heterocycles. The van der Waals surface area contributed by atoms with Gasteiger partial charge in [-0.3, -0.25) is 4.79 Å². The average molecular weight is 739 g/mol. The predicted molar refractivity (Wildman–Crippen MR) is 210 cm³/mol. The van der Waals surface area contributed by atoms with Crippen molar-refractivity contribution in [1.29, 1.82) is 0 Å². The molecule has 1 aliphatic rings. The van der Waals surface area contributed by atoms with Gasteiger partial charge >= 0.3 is 5.97 Å². The zero-order valence-electron chi connectivity index (χ0n) is 33.1. The van der Waals surface area contributed by atoms with E-state index in [1.54, 1.807) is 0 Å². The van der Waals surface area contributed by atoms with Gasteiger partial charge in [0.2, 0.25) is 0 Å². The van der Waals surface area contributed by atoms with Crippen molar-refractivity contribution in [3.8, 4) is 0 Å². The maximum atomic E-state index is 12.7. The Labute approximate surface area is 317 Å². The molecule has 1 saturated heterocycles. The van der Waals surface area contributed by atoms with Crippen LogP contribution in [0.15, 0.2) is 36.5 Å². The van der Waals surface area contributed by atoms with E-state index in [0.717, 1.165) is 51.4 Å². The number of aliphatic hydroxyl groups excluding tert-OH is 4. The highest BCUT2D eigenvalue weighted by Crippen LogP contribution is 2.22. The molecule has 9 heteroatoms. The molecule has 0 radical (unpaired) electrons. The quantitative estimate of drug-likeness (QED) is 0.0286. The highest BCUT2D eigenvalue weighted by Gasteiger charge is 2.44. The molecule has 0 amide bonds. The van der Waals surface area contributed by atoms with E-state index in [4.69, 9.17) is 18.9 Å². The second-order valence-electron chi connectivity index (χ2n) is 14.4. The van der Waals surface area contributed by atoms with Gasteiger partial charge in [0, 0.05) is 13.0 Å². The largest absolute Gasteiger partial charge is 0.457 e. The Bertz CT molecular complexity index is 890. The fourth-order valence-corrected chi connectivity index (χ4v) is 6.20. The number of carbonyl (C=O) groups excluding carboxylic acids is 1. The maximum Gasteiger partial charge on any atom is 0.306 e. The zero-order chi connectivity index (χ0) is 37.9. The lowest BCUT2D eigenvalue weighted by Crippen LogP contribution is -2.59. The smallest absolute Gasteiger partial charge is 0.306 e. The zero-order valence-corrected chi connectivity index (χ0v) is 33.1. The highest BCUT2D eigenvalue weighted by atomic mass is 16.7. The topological polar surface area (TPSA) is 135 Å². The molecule has 0 aromatic rings. The van der Waals surface area contributed by atoms with Crippen LogP contribution in [0, 0.1) is 0 Å². The first-order valence-electron chi connectivity index (χ1n) is 21.1. The van der Waals surface area contributed by atoms with Crippen molar-refractivity contribution in [2.24, 2.45) is 0 Å². The van der Waals surface area contributed by atoms with Crippen molar-refractivity contribution in [3.63, 3.8) is 0 Å². The van der Waals surface area contributed by atoms with E-state index in [2.05, 4.69) is 50.3 Å². The first kappa shape index (κ1) is 48.4. The van der Waals surface area contributed by atoms with Crippen LogP contribution in [0.5, 0.6) is 0 Å².